The molecule has 1 aromatic carbocycles. The Labute approximate surface area is 175 Å². The zero-order valence-corrected chi connectivity index (χ0v) is 18.1. The fraction of sp³-hybridized carbons (Fsp3) is 0.235. The van der Waals surface area contributed by atoms with Crippen molar-refractivity contribution in [1.29, 1.82) is 0 Å². The van der Waals surface area contributed by atoms with Gasteiger partial charge in [-0.1, -0.05) is 0 Å². The minimum absolute atomic E-state index is 0.0588. The molecule has 0 bridgehead atoms. The maximum atomic E-state index is 13.3. The molecule has 1 N–H and O–H groups in total. The first kappa shape index (κ1) is 19.1. The number of benzene rings is 1. The number of phenolic OH excluding ortho intramolecular Hbond substituents is 1. The van der Waals surface area contributed by atoms with Crippen molar-refractivity contribution in [1.82, 2.24) is 0 Å². The van der Waals surface area contributed by atoms with E-state index in [2.05, 4.69) is 0 Å². The van der Waals surface area contributed by atoms with Gasteiger partial charge in [0.25, 0.3) is 5.60 Å². The van der Waals surface area contributed by atoms with Crippen LogP contribution in [0.3, 0.4) is 0 Å². The van der Waals surface area contributed by atoms with Gasteiger partial charge in [-0.05, 0) is 57.7 Å². The maximum absolute atomic E-state index is 13.3. The summed E-state index contributed by atoms with van der Waals surface area (Å²) in [5.74, 6) is -2.38. The summed E-state index contributed by atoms with van der Waals surface area (Å²) < 4.78 is 17.0. The van der Waals surface area contributed by atoms with E-state index in [9.17, 15) is 19.5 Å². The minimum Gasteiger partial charge on any atom is -0.506 e. The number of aromatic hydroxyl groups is 1. The molecule has 136 valence electrons. The third-order valence-corrected chi connectivity index (χ3v) is 6.86. The van der Waals surface area contributed by atoms with Gasteiger partial charge in [0.1, 0.15) is 16.9 Å². The number of carbonyl (C=O) groups is 3. The van der Waals surface area contributed by atoms with Gasteiger partial charge in [-0.2, -0.15) is 0 Å². The molecule has 7 nitrogen and oxygen atoms in total. The average Bonchev–Trinajstić information content (AvgIpc) is 2.93. The molecule has 1 aliphatic heterocycles. The number of Topliss-reactive ketones (excluding diaryl/α,β-unsaturated/α-hetero) is 1. The number of ether oxygens (including phenoxy) is 3. The first-order valence-corrected chi connectivity index (χ1v) is 9.41. The molecule has 0 saturated heterocycles. The van der Waals surface area contributed by atoms with E-state index in [-0.39, 0.29) is 28.4 Å². The van der Waals surface area contributed by atoms with Crippen LogP contribution in [0.2, 0.25) is 0 Å². The van der Waals surface area contributed by atoms with Gasteiger partial charge in [0.05, 0.1) is 21.4 Å². The van der Waals surface area contributed by atoms with Gasteiger partial charge in [-0.3, -0.25) is 9.59 Å². The lowest BCUT2D eigenvalue weighted by molar-refractivity contribution is -0.138. The standard InChI is InChI=1S/C17H12I2O7/c1-6-11(18)13(21)10-14(12(6)19)26-17(15(10)22)8(16(23)25-3)4-7(20)5-9(17)24-2/h4-5,21H,1-3H3/t17-/m0/s1. The van der Waals surface area contributed by atoms with Crippen molar-refractivity contribution in [3.05, 3.63) is 41.8 Å². The van der Waals surface area contributed by atoms with Crippen LogP contribution >= 0.6 is 45.2 Å². The summed E-state index contributed by atoms with van der Waals surface area (Å²) in [6.45, 7) is 1.77. The number of hydrogen-bond donors (Lipinski definition) is 1. The third-order valence-electron chi connectivity index (χ3n) is 4.24. The highest BCUT2D eigenvalue weighted by molar-refractivity contribution is 14.1. The molecular weight excluding hydrogens is 570 g/mol. The van der Waals surface area contributed by atoms with Crippen molar-refractivity contribution in [2.45, 2.75) is 12.5 Å². The van der Waals surface area contributed by atoms with E-state index in [0.29, 0.717) is 7.14 Å². The highest BCUT2D eigenvalue weighted by Gasteiger charge is 2.61. The van der Waals surface area contributed by atoms with Crippen LogP contribution in [0.15, 0.2) is 23.5 Å². The van der Waals surface area contributed by atoms with Crippen LogP contribution in [-0.2, 0) is 19.1 Å². The highest BCUT2D eigenvalue weighted by atomic mass is 127. The van der Waals surface area contributed by atoms with Gasteiger partial charge in [-0.25, -0.2) is 4.79 Å². The number of esters is 1. The van der Waals surface area contributed by atoms with E-state index in [1.807, 2.05) is 45.2 Å². The van der Waals surface area contributed by atoms with E-state index in [0.717, 1.165) is 24.8 Å². The van der Waals surface area contributed by atoms with Crippen LogP contribution in [0.25, 0.3) is 0 Å². The predicted octanol–water partition coefficient (Wildman–Crippen LogP) is 2.44. The van der Waals surface area contributed by atoms with Gasteiger partial charge < -0.3 is 19.3 Å². The number of fused-ring (bicyclic) bond motifs is 1. The second kappa shape index (κ2) is 6.51. The number of rotatable bonds is 2. The molecule has 1 spiro atoms. The number of carbonyl (C=O) groups excluding carboxylic acids is 3. The van der Waals surface area contributed by atoms with Gasteiger partial charge in [0.2, 0.25) is 5.78 Å². The third kappa shape index (κ3) is 2.39. The lowest BCUT2D eigenvalue weighted by Gasteiger charge is -2.31. The summed E-state index contributed by atoms with van der Waals surface area (Å²) in [4.78, 5) is 37.6. The molecule has 1 aliphatic carbocycles. The van der Waals surface area contributed by atoms with Gasteiger partial charge in [0.15, 0.2) is 17.3 Å². The van der Waals surface area contributed by atoms with Crippen molar-refractivity contribution in [3.63, 3.8) is 0 Å². The van der Waals surface area contributed by atoms with Crippen LogP contribution in [0.4, 0.5) is 0 Å². The second-order valence-corrected chi connectivity index (χ2v) is 7.74. The van der Waals surface area contributed by atoms with Crippen molar-refractivity contribution in [2.75, 3.05) is 14.2 Å². The Morgan fingerprint density at radius 1 is 1.19 bits per heavy atom. The molecule has 1 heterocycles. The maximum Gasteiger partial charge on any atom is 0.338 e. The summed E-state index contributed by atoms with van der Waals surface area (Å²) in [7, 11) is 2.40. The average molecular weight is 582 g/mol. The first-order valence-electron chi connectivity index (χ1n) is 7.25. The lowest BCUT2D eigenvalue weighted by Crippen LogP contribution is -2.49. The Kier molecular flexibility index (Phi) is 4.80. The van der Waals surface area contributed by atoms with Gasteiger partial charge >= 0.3 is 5.97 Å². The van der Waals surface area contributed by atoms with Gasteiger partial charge in [-0.15, -0.1) is 0 Å². The molecule has 0 radical (unpaired) electrons. The fourth-order valence-corrected chi connectivity index (χ4v) is 4.66. The molecular formula is C17H12I2O7. The smallest absolute Gasteiger partial charge is 0.338 e. The Morgan fingerprint density at radius 2 is 1.85 bits per heavy atom. The van der Waals surface area contributed by atoms with E-state index in [1.165, 1.54) is 7.11 Å². The van der Waals surface area contributed by atoms with E-state index >= 15 is 0 Å². The number of phenols is 1. The Balaban J connectivity index is 2.35. The zero-order valence-electron chi connectivity index (χ0n) is 13.8. The zero-order chi connectivity index (χ0) is 19.4. The second-order valence-electron chi connectivity index (χ2n) is 5.58. The molecule has 2 aliphatic rings. The topological polar surface area (TPSA) is 99.1 Å². The monoisotopic (exact) mass is 582 g/mol. The normalized spacial score (nSPS) is 21.1. The lowest BCUT2D eigenvalue weighted by atomic mass is 9.81. The number of hydrogen-bond acceptors (Lipinski definition) is 7. The molecule has 1 atom stereocenters. The summed E-state index contributed by atoms with van der Waals surface area (Å²) in [6, 6.07) is 0. The number of allylic oxidation sites excluding steroid dienone is 2. The van der Waals surface area contributed by atoms with Crippen LogP contribution in [0.5, 0.6) is 11.5 Å². The number of methoxy groups -OCH3 is 2. The quantitative estimate of drug-likeness (QED) is 0.423. The Bertz CT molecular complexity index is 945. The summed E-state index contributed by atoms with van der Waals surface area (Å²) >= 11 is 3.94. The molecule has 0 fully saturated rings. The van der Waals surface area contributed by atoms with E-state index in [4.69, 9.17) is 14.2 Å². The van der Waals surface area contributed by atoms with Crippen LogP contribution in [0, 0.1) is 14.1 Å². The minimum atomic E-state index is -2.01. The van der Waals surface area contributed by atoms with Crippen molar-refractivity contribution in [2.24, 2.45) is 0 Å². The fourth-order valence-electron chi connectivity index (χ4n) is 2.96. The van der Waals surface area contributed by atoms with Gasteiger partial charge in [0, 0.05) is 12.2 Å². The van der Waals surface area contributed by atoms with Crippen LogP contribution in [-0.4, -0.2) is 42.5 Å². The van der Waals surface area contributed by atoms with Crippen LogP contribution < -0.4 is 4.74 Å². The SMILES string of the molecule is COC(=O)C1=CC(=O)C=C(OC)[C@@]12Oc1c(I)c(C)c(I)c(O)c1C2=O. The molecule has 0 saturated carbocycles. The predicted molar refractivity (Wildman–Crippen MR) is 106 cm³/mol. The molecule has 0 amide bonds. The highest BCUT2D eigenvalue weighted by Crippen LogP contribution is 2.52. The van der Waals surface area contributed by atoms with E-state index in [1.54, 1.807) is 6.92 Å². The van der Waals surface area contributed by atoms with E-state index < -0.39 is 23.1 Å². The molecule has 1 aromatic rings. The number of ketones is 2. The summed E-state index contributed by atoms with van der Waals surface area (Å²) in [6.07, 6.45) is 2.07. The number of halogens is 2. The van der Waals surface area contributed by atoms with Crippen molar-refractivity contribution >= 4 is 62.7 Å². The first-order chi connectivity index (χ1) is 12.2. The summed E-state index contributed by atoms with van der Waals surface area (Å²) in [5.41, 5.74) is -1.64. The summed E-state index contributed by atoms with van der Waals surface area (Å²) in [5, 5.41) is 10.5. The molecule has 0 unspecified atom stereocenters. The van der Waals surface area contributed by atoms with Crippen molar-refractivity contribution < 1.29 is 33.7 Å². The Hall–Kier alpha value is -1.63. The largest absolute Gasteiger partial charge is 0.506 e. The molecule has 3 rings (SSSR count). The van der Waals surface area contributed by atoms with Crippen LogP contribution in [0.1, 0.15) is 15.9 Å². The molecule has 9 heteroatoms. The Morgan fingerprint density at radius 3 is 2.42 bits per heavy atom. The van der Waals surface area contributed by atoms with Crippen molar-refractivity contribution in [3.8, 4) is 11.5 Å². The molecule has 26 heavy (non-hydrogen) atoms. The molecule has 0 aromatic heterocycles.